The van der Waals surface area contributed by atoms with Gasteiger partial charge in [-0.1, -0.05) is 26.7 Å². The van der Waals surface area contributed by atoms with E-state index in [9.17, 15) is 0 Å². The first-order valence-electron chi connectivity index (χ1n) is 6.87. The van der Waals surface area contributed by atoms with Crippen LogP contribution in [0.15, 0.2) is 0 Å². The quantitative estimate of drug-likeness (QED) is 0.387. The zero-order valence-electron chi connectivity index (χ0n) is 11.8. The van der Waals surface area contributed by atoms with Gasteiger partial charge in [0.15, 0.2) is 0 Å². The molecule has 104 valence electrons. The minimum Gasteiger partial charge on any atom is -0.385 e. The lowest BCUT2D eigenvalue weighted by atomic mass is 9.79. The summed E-state index contributed by atoms with van der Waals surface area (Å²) in [6.45, 7) is 6.88. The third kappa shape index (κ3) is 8.01. The Kier molecular flexibility index (Phi) is 11.4. The van der Waals surface area contributed by atoms with Crippen molar-refractivity contribution in [3.63, 3.8) is 0 Å². The van der Waals surface area contributed by atoms with Crippen LogP contribution >= 0.6 is 11.6 Å². The molecule has 0 aromatic carbocycles. The predicted molar refractivity (Wildman–Crippen MR) is 74.9 cm³/mol. The molecule has 0 heterocycles. The first-order valence-corrected chi connectivity index (χ1v) is 7.40. The summed E-state index contributed by atoms with van der Waals surface area (Å²) in [5.41, 5.74) is 0.290. The van der Waals surface area contributed by atoms with Crippen molar-refractivity contribution in [2.45, 2.75) is 52.4 Å². The number of hydrogen-bond donors (Lipinski definition) is 0. The monoisotopic (exact) mass is 264 g/mol. The van der Waals surface area contributed by atoms with Crippen LogP contribution in [-0.4, -0.2) is 32.8 Å². The van der Waals surface area contributed by atoms with Crippen molar-refractivity contribution in [1.29, 1.82) is 0 Å². The molecule has 0 aliphatic heterocycles. The minimum absolute atomic E-state index is 0.290. The van der Waals surface area contributed by atoms with Crippen LogP contribution in [0.3, 0.4) is 0 Å². The lowest BCUT2D eigenvalue weighted by Crippen LogP contribution is -2.24. The SMILES string of the molecule is CCCCC(CC)(CCl)CCOCCCOC. The highest BCUT2D eigenvalue weighted by atomic mass is 35.5. The third-order valence-corrected chi connectivity index (χ3v) is 4.07. The molecule has 0 saturated carbocycles. The van der Waals surface area contributed by atoms with Gasteiger partial charge in [-0.2, -0.15) is 0 Å². The molecular formula is C14H29ClO2. The number of alkyl halides is 1. The standard InChI is InChI=1S/C14H29ClO2/c1-4-6-8-14(5-2,13-15)9-12-17-11-7-10-16-3/h4-13H2,1-3H3. The number of halogens is 1. The van der Waals surface area contributed by atoms with Gasteiger partial charge in [-0.3, -0.25) is 0 Å². The second kappa shape index (κ2) is 11.3. The number of methoxy groups -OCH3 is 1. The van der Waals surface area contributed by atoms with E-state index in [1.54, 1.807) is 7.11 Å². The maximum Gasteiger partial charge on any atom is 0.0487 e. The highest BCUT2D eigenvalue weighted by Gasteiger charge is 2.26. The molecule has 0 rings (SSSR count). The van der Waals surface area contributed by atoms with E-state index < -0.39 is 0 Å². The molecule has 0 aliphatic carbocycles. The summed E-state index contributed by atoms with van der Waals surface area (Å²) in [4.78, 5) is 0. The molecule has 0 aromatic rings. The highest BCUT2D eigenvalue weighted by Crippen LogP contribution is 2.34. The van der Waals surface area contributed by atoms with Crippen LogP contribution in [0.2, 0.25) is 0 Å². The Morgan fingerprint density at radius 2 is 1.76 bits per heavy atom. The van der Waals surface area contributed by atoms with Crippen LogP contribution in [0.1, 0.15) is 52.4 Å². The van der Waals surface area contributed by atoms with Gasteiger partial charge >= 0.3 is 0 Å². The molecule has 2 nitrogen and oxygen atoms in total. The van der Waals surface area contributed by atoms with E-state index in [0.29, 0.717) is 5.41 Å². The van der Waals surface area contributed by atoms with Crippen LogP contribution in [0.5, 0.6) is 0 Å². The fourth-order valence-electron chi connectivity index (χ4n) is 1.95. The van der Waals surface area contributed by atoms with E-state index in [1.807, 2.05) is 0 Å². The summed E-state index contributed by atoms with van der Waals surface area (Å²) in [5.74, 6) is 0.755. The Morgan fingerprint density at radius 3 is 2.29 bits per heavy atom. The van der Waals surface area contributed by atoms with Gasteiger partial charge in [0.25, 0.3) is 0 Å². The molecule has 0 saturated heterocycles. The van der Waals surface area contributed by atoms with Crippen molar-refractivity contribution in [2.24, 2.45) is 5.41 Å². The number of ether oxygens (including phenoxy) is 2. The average Bonchev–Trinajstić information content (AvgIpc) is 2.38. The first-order chi connectivity index (χ1) is 8.24. The van der Waals surface area contributed by atoms with E-state index in [0.717, 1.165) is 45.0 Å². The molecular weight excluding hydrogens is 236 g/mol. The highest BCUT2D eigenvalue weighted by molar-refractivity contribution is 6.18. The smallest absolute Gasteiger partial charge is 0.0487 e. The molecule has 1 atom stereocenters. The third-order valence-electron chi connectivity index (χ3n) is 3.51. The van der Waals surface area contributed by atoms with Crippen molar-refractivity contribution in [3.8, 4) is 0 Å². The van der Waals surface area contributed by atoms with Gasteiger partial charge in [0.05, 0.1) is 0 Å². The largest absolute Gasteiger partial charge is 0.385 e. The van der Waals surface area contributed by atoms with Crippen LogP contribution in [0.4, 0.5) is 0 Å². The molecule has 1 unspecified atom stereocenters. The molecule has 0 spiro atoms. The Balaban J connectivity index is 3.75. The van der Waals surface area contributed by atoms with Crippen LogP contribution < -0.4 is 0 Å². The van der Waals surface area contributed by atoms with Crippen molar-refractivity contribution in [2.75, 3.05) is 32.8 Å². The fourth-order valence-corrected chi connectivity index (χ4v) is 2.41. The molecule has 17 heavy (non-hydrogen) atoms. The van der Waals surface area contributed by atoms with Crippen molar-refractivity contribution in [3.05, 3.63) is 0 Å². The van der Waals surface area contributed by atoms with Crippen LogP contribution in [0, 0.1) is 5.41 Å². The van der Waals surface area contributed by atoms with Crippen LogP contribution in [0.25, 0.3) is 0 Å². The molecule has 0 amide bonds. The summed E-state index contributed by atoms with van der Waals surface area (Å²) < 4.78 is 10.6. The molecule has 0 bridgehead atoms. The van der Waals surface area contributed by atoms with Gasteiger partial charge in [0.2, 0.25) is 0 Å². The van der Waals surface area contributed by atoms with Gasteiger partial charge in [-0.05, 0) is 31.1 Å². The lowest BCUT2D eigenvalue weighted by Gasteiger charge is -2.30. The molecule has 0 fully saturated rings. The fraction of sp³-hybridized carbons (Fsp3) is 1.00. The van der Waals surface area contributed by atoms with Gasteiger partial charge in [-0.15, -0.1) is 11.6 Å². The zero-order chi connectivity index (χ0) is 13.0. The van der Waals surface area contributed by atoms with E-state index in [2.05, 4.69) is 13.8 Å². The summed E-state index contributed by atoms with van der Waals surface area (Å²) in [5, 5.41) is 0. The Morgan fingerprint density at radius 1 is 1.00 bits per heavy atom. The average molecular weight is 265 g/mol. The molecule has 0 N–H and O–H groups in total. The van der Waals surface area contributed by atoms with E-state index in [4.69, 9.17) is 21.1 Å². The van der Waals surface area contributed by atoms with Crippen LogP contribution in [-0.2, 0) is 9.47 Å². The molecule has 0 radical (unpaired) electrons. The number of rotatable bonds is 12. The molecule has 0 aromatic heterocycles. The Bertz CT molecular complexity index is 158. The summed E-state index contributed by atoms with van der Waals surface area (Å²) in [6.07, 6.45) is 6.95. The minimum atomic E-state index is 0.290. The Hall–Kier alpha value is 0.210. The summed E-state index contributed by atoms with van der Waals surface area (Å²) in [7, 11) is 1.72. The summed E-state index contributed by atoms with van der Waals surface area (Å²) in [6, 6.07) is 0. The zero-order valence-corrected chi connectivity index (χ0v) is 12.5. The molecule has 0 aliphatic rings. The van der Waals surface area contributed by atoms with Crippen molar-refractivity contribution < 1.29 is 9.47 Å². The maximum atomic E-state index is 6.15. The maximum absolute atomic E-state index is 6.15. The van der Waals surface area contributed by atoms with Gasteiger partial charge < -0.3 is 9.47 Å². The Labute approximate surface area is 112 Å². The number of unbranched alkanes of at least 4 members (excludes halogenated alkanes) is 1. The topological polar surface area (TPSA) is 18.5 Å². The normalized spacial score (nSPS) is 14.8. The predicted octanol–water partition coefficient (Wildman–Crippen LogP) is 4.26. The van der Waals surface area contributed by atoms with E-state index in [-0.39, 0.29) is 0 Å². The number of hydrogen-bond acceptors (Lipinski definition) is 2. The molecule has 3 heteroatoms. The van der Waals surface area contributed by atoms with E-state index in [1.165, 1.54) is 19.3 Å². The van der Waals surface area contributed by atoms with Gasteiger partial charge in [0, 0.05) is 32.8 Å². The first kappa shape index (κ1) is 17.2. The van der Waals surface area contributed by atoms with Gasteiger partial charge in [-0.25, -0.2) is 0 Å². The second-order valence-electron chi connectivity index (χ2n) is 4.80. The van der Waals surface area contributed by atoms with E-state index >= 15 is 0 Å². The summed E-state index contributed by atoms with van der Waals surface area (Å²) >= 11 is 6.15. The van der Waals surface area contributed by atoms with Gasteiger partial charge in [0.1, 0.15) is 0 Å². The second-order valence-corrected chi connectivity index (χ2v) is 5.07. The van der Waals surface area contributed by atoms with Crippen molar-refractivity contribution in [1.82, 2.24) is 0 Å². The lowest BCUT2D eigenvalue weighted by molar-refractivity contribution is 0.0765. The van der Waals surface area contributed by atoms with Crippen molar-refractivity contribution >= 4 is 11.6 Å².